The number of rotatable bonds is 4. The summed E-state index contributed by atoms with van der Waals surface area (Å²) in [5.41, 5.74) is 0.0463. The number of benzene rings is 1. The van der Waals surface area contributed by atoms with Crippen LogP contribution in [-0.4, -0.2) is 52.8 Å². The average molecular weight is 288 g/mol. The number of nitrogens with one attached hydrogen (secondary N) is 1. The lowest BCUT2D eigenvalue weighted by molar-refractivity contribution is 0.0719. The monoisotopic (exact) mass is 288 g/mol. The molecule has 5 nitrogen and oxygen atoms in total. The third kappa shape index (κ3) is 3.29. The summed E-state index contributed by atoms with van der Waals surface area (Å²) in [5, 5.41) is 32.2. The molecule has 2 rings (SSSR count). The molecule has 0 amide bonds. The molecule has 1 aromatic rings. The predicted molar refractivity (Wildman–Crippen MR) is 69.2 cm³/mol. The lowest BCUT2D eigenvalue weighted by atomic mass is 9.98. The summed E-state index contributed by atoms with van der Waals surface area (Å²) in [6.07, 6.45) is -3.03. The van der Waals surface area contributed by atoms with Crippen molar-refractivity contribution in [1.82, 2.24) is 10.2 Å². The maximum Gasteiger partial charge on any atom is 0.240 e. The van der Waals surface area contributed by atoms with Crippen LogP contribution >= 0.6 is 0 Å². The molecule has 0 radical (unpaired) electrons. The predicted octanol–water partition coefficient (Wildman–Crippen LogP) is 1.40. The first-order valence-corrected chi connectivity index (χ1v) is 6.46. The molecule has 0 spiro atoms. The van der Waals surface area contributed by atoms with Gasteiger partial charge in [0.2, 0.25) is 6.43 Å². The average Bonchev–Trinajstić information content (AvgIpc) is 2.37. The zero-order valence-corrected chi connectivity index (χ0v) is 10.9. The fourth-order valence-corrected chi connectivity index (χ4v) is 2.56. The number of aromatic hydroxyl groups is 3. The summed E-state index contributed by atoms with van der Waals surface area (Å²) in [6, 6.07) is 1.32. The first-order chi connectivity index (χ1) is 9.49. The Labute approximate surface area is 115 Å². The van der Waals surface area contributed by atoms with Crippen LogP contribution in [0.25, 0.3) is 0 Å². The molecule has 0 aromatic heterocycles. The molecule has 0 aliphatic carbocycles. The van der Waals surface area contributed by atoms with Crippen LogP contribution < -0.4 is 5.32 Å². The molecule has 1 heterocycles. The largest absolute Gasteiger partial charge is 0.508 e. The molecule has 112 valence electrons. The molecule has 1 fully saturated rings. The molecule has 1 atom stereocenters. The highest BCUT2D eigenvalue weighted by Gasteiger charge is 2.30. The van der Waals surface area contributed by atoms with E-state index in [4.69, 9.17) is 0 Å². The van der Waals surface area contributed by atoms with E-state index in [-0.39, 0.29) is 22.8 Å². The first-order valence-electron chi connectivity index (χ1n) is 6.46. The van der Waals surface area contributed by atoms with Gasteiger partial charge in [-0.15, -0.1) is 0 Å². The first kappa shape index (κ1) is 14.8. The molecule has 0 bridgehead atoms. The van der Waals surface area contributed by atoms with Crippen molar-refractivity contribution in [1.29, 1.82) is 0 Å². The van der Waals surface area contributed by atoms with Crippen LogP contribution in [0.15, 0.2) is 12.1 Å². The van der Waals surface area contributed by atoms with Crippen molar-refractivity contribution in [2.24, 2.45) is 0 Å². The molecule has 4 N–H and O–H groups in total. The van der Waals surface area contributed by atoms with Gasteiger partial charge in [0, 0.05) is 50.8 Å². The molecule has 7 heteroatoms. The van der Waals surface area contributed by atoms with Crippen molar-refractivity contribution >= 4 is 0 Å². The van der Waals surface area contributed by atoms with Crippen molar-refractivity contribution in [3.63, 3.8) is 0 Å². The molecule has 1 saturated heterocycles. The Morgan fingerprint density at radius 3 is 2.15 bits per heavy atom. The van der Waals surface area contributed by atoms with E-state index in [0.29, 0.717) is 26.2 Å². The fraction of sp³-hybridized carbons (Fsp3) is 0.538. The molecular formula is C13H18F2N2O3. The number of alkyl halides is 2. The minimum atomic E-state index is -2.55. The van der Waals surface area contributed by atoms with Crippen LogP contribution in [0.5, 0.6) is 17.2 Å². The Balaban J connectivity index is 2.35. The van der Waals surface area contributed by atoms with E-state index in [0.717, 1.165) is 12.1 Å². The van der Waals surface area contributed by atoms with Crippen molar-refractivity contribution < 1.29 is 24.1 Å². The van der Waals surface area contributed by atoms with Gasteiger partial charge >= 0.3 is 0 Å². The normalized spacial score (nSPS) is 18.4. The number of piperazine rings is 1. The van der Waals surface area contributed by atoms with Crippen LogP contribution in [0, 0.1) is 0 Å². The van der Waals surface area contributed by atoms with Gasteiger partial charge in [-0.05, 0) is 0 Å². The molecule has 1 aliphatic heterocycles. The number of nitrogens with zero attached hydrogens (tertiary/aromatic N) is 1. The molecule has 1 aliphatic rings. The zero-order valence-electron chi connectivity index (χ0n) is 10.9. The van der Waals surface area contributed by atoms with Gasteiger partial charge in [0.25, 0.3) is 0 Å². The van der Waals surface area contributed by atoms with E-state index in [1.807, 2.05) is 0 Å². The van der Waals surface area contributed by atoms with Crippen LogP contribution in [0.4, 0.5) is 8.78 Å². The zero-order chi connectivity index (χ0) is 14.7. The van der Waals surface area contributed by atoms with Gasteiger partial charge in [0.05, 0.1) is 5.56 Å². The van der Waals surface area contributed by atoms with Gasteiger partial charge in [0.15, 0.2) is 0 Å². The van der Waals surface area contributed by atoms with Crippen molar-refractivity contribution in [2.45, 2.75) is 18.9 Å². The Morgan fingerprint density at radius 1 is 1.10 bits per heavy atom. The second-order valence-electron chi connectivity index (χ2n) is 4.83. The highest BCUT2D eigenvalue weighted by atomic mass is 19.3. The van der Waals surface area contributed by atoms with Crippen LogP contribution in [-0.2, 0) is 0 Å². The molecule has 20 heavy (non-hydrogen) atoms. The summed E-state index contributed by atoms with van der Waals surface area (Å²) >= 11 is 0. The maximum absolute atomic E-state index is 12.8. The SMILES string of the molecule is Oc1cc(O)c([C@@H](CC(F)F)N2CCNCC2)c(O)c1. The molecule has 0 saturated carbocycles. The minimum absolute atomic E-state index is 0.0463. The summed E-state index contributed by atoms with van der Waals surface area (Å²) in [4.78, 5) is 1.80. The number of phenols is 3. The van der Waals surface area contributed by atoms with E-state index in [1.54, 1.807) is 4.90 Å². The highest BCUT2D eigenvalue weighted by molar-refractivity contribution is 5.50. The number of hydrogen-bond acceptors (Lipinski definition) is 5. The fourth-order valence-electron chi connectivity index (χ4n) is 2.56. The molecular weight excluding hydrogens is 270 g/mol. The number of hydrogen-bond donors (Lipinski definition) is 4. The van der Waals surface area contributed by atoms with Gasteiger partial charge in [-0.2, -0.15) is 0 Å². The van der Waals surface area contributed by atoms with E-state index in [2.05, 4.69) is 5.32 Å². The lowest BCUT2D eigenvalue weighted by Crippen LogP contribution is -2.45. The Kier molecular flexibility index (Phi) is 4.61. The summed E-state index contributed by atoms with van der Waals surface area (Å²) in [5.74, 6) is -1.04. The van der Waals surface area contributed by atoms with E-state index >= 15 is 0 Å². The third-order valence-electron chi connectivity index (χ3n) is 3.45. The number of halogens is 2. The summed E-state index contributed by atoms with van der Waals surface area (Å²) in [7, 11) is 0. The second kappa shape index (κ2) is 6.23. The quantitative estimate of drug-likeness (QED) is 0.674. The van der Waals surface area contributed by atoms with Crippen LogP contribution in [0.2, 0.25) is 0 Å². The lowest BCUT2D eigenvalue weighted by Gasteiger charge is -2.35. The van der Waals surface area contributed by atoms with Crippen molar-refractivity contribution in [3.05, 3.63) is 17.7 Å². The van der Waals surface area contributed by atoms with Gasteiger partial charge in [-0.1, -0.05) is 0 Å². The standard InChI is InChI=1S/C13H18F2N2O3/c14-12(15)7-9(17-3-1-16-2-4-17)13-10(19)5-8(18)6-11(13)20/h5-6,9,12,16,18-20H,1-4,7H2/t9-/m1/s1. The van der Waals surface area contributed by atoms with Crippen molar-refractivity contribution in [3.8, 4) is 17.2 Å². The Bertz CT molecular complexity index is 442. The summed E-state index contributed by atoms with van der Waals surface area (Å²) in [6.45, 7) is 2.44. The van der Waals surface area contributed by atoms with E-state index in [9.17, 15) is 24.1 Å². The third-order valence-corrected chi connectivity index (χ3v) is 3.45. The Morgan fingerprint density at radius 2 is 1.65 bits per heavy atom. The molecule has 1 aromatic carbocycles. The Hall–Kier alpha value is -1.60. The van der Waals surface area contributed by atoms with E-state index < -0.39 is 18.9 Å². The van der Waals surface area contributed by atoms with Gasteiger partial charge < -0.3 is 20.6 Å². The minimum Gasteiger partial charge on any atom is -0.508 e. The van der Waals surface area contributed by atoms with Crippen LogP contribution in [0.3, 0.4) is 0 Å². The molecule has 0 unspecified atom stereocenters. The topological polar surface area (TPSA) is 76.0 Å². The van der Waals surface area contributed by atoms with Gasteiger partial charge in [0.1, 0.15) is 17.2 Å². The van der Waals surface area contributed by atoms with Crippen molar-refractivity contribution in [2.75, 3.05) is 26.2 Å². The second-order valence-corrected chi connectivity index (χ2v) is 4.83. The number of phenolic OH excluding ortho intramolecular Hbond substituents is 3. The summed E-state index contributed by atoms with van der Waals surface area (Å²) < 4.78 is 25.6. The van der Waals surface area contributed by atoms with E-state index in [1.165, 1.54) is 0 Å². The van der Waals surface area contributed by atoms with Crippen LogP contribution in [0.1, 0.15) is 18.0 Å². The van der Waals surface area contributed by atoms with Gasteiger partial charge in [-0.25, -0.2) is 8.78 Å². The smallest absolute Gasteiger partial charge is 0.240 e. The maximum atomic E-state index is 12.8. The highest BCUT2D eigenvalue weighted by Crippen LogP contribution is 2.41. The van der Waals surface area contributed by atoms with Gasteiger partial charge in [-0.3, -0.25) is 4.90 Å².